The van der Waals surface area contributed by atoms with Crippen molar-refractivity contribution in [2.24, 2.45) is 0 Å². The number of aromatic amines is 1. The Morgan fingerprint density at radius 2 is 2.06 bits per heavy atom. The zero-order valence-corrected chi connectivity index (χ0v) is 9.69. The van der Waals surface area contributed by atoms with E-state index in [1.807, 2.05) is 12.1 Å². The van der Waals surface area contributed by atoms with Crippen LogP contribution in [0.5, 0.6) is 0 Å². The molecule has 1 saturated heterocycles. The number of piperidine rings is 1. The van der Waals surface area contributed by atoms with E-state index in [0.717, 1.165) is 16.5 Å². The fraction of sp³-hybridized carbons (Fsp3) is 0.231. The lowest BCUT2D eigenvalue weighted by Gasteiger charge is -2.21. The van der Waals surface area contributed by atoms with Crippen LogP contribution in [-0.2, 0) is 9.59 Å². The third kappa shape index (κ3) is 1.55. The monoisotopic (exact) mass is 243 g/mol. The summed E-state index contributed by atoms with van der Waals surface area (Å²) in [5.41, 5.74) is 8.34. The number of carbonyl (C=O) groups is 2. The van der Waals surface area contributed by atoms with E-state index in [1.54, 1.807) is 12.3 Å². The number of amides is 2. The second-order valence-electron chi connectivity index (χ2n) is 4.51. The van der Waals surface area contributed by atoms with Gasteiger partial charge < -0.3 is 10.7 Å². The van der Waals surface area contributed by atoms with Gasteiger partial charge in [-0.15, -0.1) is 0 Å². The fourth-order valence-electron chi connectivity index (χ4n) is 2.48. The van der Waals surface area contributed by atoms with Crippen LogP contribution in [0.1, 0.15) is 24.3 Å². The summed E-state index contributed by atoms with van der Waals surface area (Å²) in [7, 11) is 0. The molecule has 0 radical (unpaired) electrons. The molecule has 1 aromatic carbocycles. The molecule has 1 atom stereocenters. The highest BCUT2D eigenvalue weighted by atomic mass is 16.2. The Kier molecular flexibility index (Phi) is 2.33. The maximum atomic E-state index is 11.9. The van der Waals surface area contributed by atoms with E-state index in [9.17, 15) is 9.59 Å². The molecule has 0 saturated carbocycles. The third-order valence-electron chi connectivity index (χ3n) is 3.40. The van der Waals surface area contributed by atoms with Crippen LogP contribution in [0.2, 0.25) is 0 Å². The van der Waals surface area contributed by atoms with Crippen LogP contribution < -0.4 is 11.1 Å². The smallest absolute Gasteiger partial charge is 0.234 e. The van der Waals surface area contributed by atoms with Gasteiger partial charge in [0.25, 0.3) is 0 Å². The topological polar surface area (TPSA) is 88.0 Å². The van der Waals surface area contributed by atoms with Crippen LogP contribution in [0.15, 0.2) is 24.4 Å². The normalized spacial score (nSPS) is 20.1. The Balaban J connectivity index is 2.09. The maximum Gasteiger partial charge on any atom is 0.234 e. The van der Waals surface area contributed by atoms with Gasteiger partial charge in [-0.25, -0.2) is 0 Å². The van der Waals surface area contributed by atoms with E-state index in [4.69, 9.17) is 5.73 Å². The molecule has 0 spiro atoms. The largest absolute Gasteiger partial charge is 0.398 e. The molecule has 0 bridgehead atoms. The van der Waals surface area contributed by atoms with E-state index in [-0.39, 0.29) is 17.7 Å². The molecule has 2 amide bonds. The van der Waals surface area contributed by atoms with Crippen LogP contribution in [-0.4, -0.2) is 16.8 Å². The number of nitrogens with one attached hydrogen (secondary N) is 2. The van der Waals surface area contributed by atoms with E-state index in [2.05, 4.69) is 10.3 Å². The first kappa shape index (κ1) is 10.8. The highest BCUT2D eigenvalue weighted by molar-refractivity contribution is 6.03. The van der Waals surface area contributed by atoms with E-state index < -0.39 is 0 Å². The Labute approximate surface area is 103 Å². The first-order valence-electron chi connectivity index (χ1n) is 5.86. The Hall–Kier alpha value is -2.30. The van der Waals surface area contributed by atoms with Gasteiger partial charge in [0, 0.05) is 23.7 Å². The summed E-state index contributed by atoms with van der Waals surface area (Å²) in [6, 6.07) is 5.55. The van der Waals surface area contributed by atoms with Crippen molar-refractivity contribution in [3.05, 3.63) is 30.0 Å². The van der Waals surface area contributed by atoms with Gasteiger partial charge in [-0.3, -0.25) is 14.9 Å². The number of rotatable bonds is 1. The molecular formula is C13H13N3O2. The van der Waals surface area contributed by atoms with E-state index >= 15 is 0 Å². The predicted molar refractivity (Wildman–Crippen MR) is 67.8 cm³/mol. The molecule has 2 heterocycles. The maximum absolute atomic E-state index is 11.9. The molecule has 0 aliphatic carbocycles. The van der Waals surface area contributed by atoms with E-state index in [0.29, 0.717) is 18.5 Å². The molecule has 1 aliphatic rings. The van der Waals surface area contributed by atoms with Crippen LogP contribution in [0.4, 0.5) is 5.69 Å². The lowest BCUT2D eigenvalue weighted by molar-refractivity contribution is -0.134. The third-order valence-corrected chi connectivity index (χ3v) is 3.40. The first-order chi connectivity index (χ1) is 8.66. The molecule has 1 aromatic heterocycles. The van der Waals surface area contributed by atoms with Crippen molar-refractivity contribution < 1.29 is 9.59 Å². The summed E-state index contributed by atoms with van der Waals surface area (Å²) in [6.07, 6.45) is 2.72. The number of anilines is 1. The summed E-state index contributed by atoms with van der Waals surface area (Å²) >= 11 is 0. The predicted octanol–water partition coefficient (Wildman–Crippen LogP) is 1.27. The summed E-state index contributed by atoms with van der Waals surface area (Å²) < 4.78 is 0. The van der Waals surface area contributed by atoms with Crippen LogP contribution >= 0.6 is 0 Å². The zero-order chi connectivity index (χ0) is 12.7. The summed E-state index contributed by atoms with van der Waals surface area (Å²) in [6.45, 7) is 0. The molecule has 5 nitrogen and oxygen atoms in total. The van der Waals surface area contributed by atoms with Gasteiger partial charge in [0.05, 0.1) is 11.4 Å². The molecule has 1 aliphatic heterocycles. The van der Waals surface area contributed by atoms with Gasteiger partial charge >= 0.3 is 0 Å². The minimum Gasteiger partial charge on any atom is -0.398 e. The number of imide groups is 1. The molecule has 92 valence electrons. The van der Waals surface area contributed by atoms with Crippen LogP contribution in [0, 0.1) is 0 Å². The number of H-pyrrole nitrogens is 1. The van der Waals surface area contributed by atoms with Crippen LogP contribution in [0.3, 0.4) is 0 Å². The molecule has 1 unspecified atom stereocenters. The Morgan fingerprint density at radius 1 is 1.22 bits per heavy atom. The van der Waals surface area contributed by atoms with Crippen molar-refractivity contribution >= 4 is 28.4 Å². The van der Waals surface area contributed by atoms with Crippen molar-refractivity contribution in [3.8, 4) is 0 Å². The highest BCUT2D eigenvalue weighted by Gasteiger charge is 2.29. The minimum absolute atomic E-state index is 0.200. The van der Waals surface area contributed by atoms with Gasteiger partial charge in [0.1, 0.15) is 0 Å². The SMILES string of the molecule is Nc1ccc(C2CCC(=O)NC2=O)c2[nH]ccc12. The molecular weight excluding hydrogens is 230 g/mol. The quantitative estimate of drug-likeness (QED) is 0.520. The average molecular weight is 243 g/mol. The van der Waals surface area contributed by atoms with Crippen molar-refractivity contribution in [2.45, 2.75) is 18.8 Å². The van der Waals surface area contributed by atoms with Gasteiger partial charge in [0.15, 0.2) is 0 Å². The van der Waals surface area contributed by atoms with Crippen molar-refractivity contribution in [3.63, 3.8) is 0 Å². The number of benzene rings is 1. The highest BCUT2D eigenvalue weighted by Crippen LogP contribution is 2.32. The number of nitrogen functional groups attached to an aromatic ring is 1. The number of hydrogen-bond acceptors (Lipinski definition) is 3. The number of nitrogens with two attached hydrogens (primary N) is 1. The number of carbonyl (C=O) groups excluding carboxylic acids is 2. The minimum atomic E-state index is -0.288. The van der Waals surface area contributed by atoms with Gasteiger partial charge in [-0.1, -0.05) is 6.07 Å². The fourth-order valence-corrected chi connectivity index (χ4v) is 2.48. The second-order valence-corrected chi connectivity index (χ2v) is 4.51. The number of fused-ring (bicyclic) bond motifs is 1. The van der Waals surface area contributed by atoms with E-state index in [1.165, 1.54) is 0 Å². The summed E-state index contributed by atoms with van der Waals surface area (Å²) in [4.78, 5) is 26.1. The van der Waals surface area contributed by atoms with Crippen molar-refractivity contribution in [1.82, 2.24) is 10.3 Å². The average Bonchev–Trinajstić information content (AvgIpc) is 2.81. The lowest BCUT2D eigenvalue weighted by atomic mass is 9.89. The Bertz CT molecular complexity index is 645. The Morgan fingerprint density at radius 3 is 2.83 bits per heavy atom. The molecule has 1 fully saturated rings. The second kappa shape index (κ2) is 3.87. The summed E-state index contributed by atoms with van der Waals surface area (Å²) in [5, 5.41) is 3.29. The van der Waals surface area contributed by atoms with Gasteiger partial charge in [-0.05, 0) is 24.1 Å². The van der Waals surface area contributed by atoms with Crippen LogP contribution in [0.25, 0.3) is 10.9 Å². The molecule has 4 N–H and O–H groups in total. The molecule has 3 rings (SSSR count). The van der Waals surface area contributed by atoms with Crippen molar-refractivity contribution in [2.75, 3.05) is 5.73 Å². The summed E-state index contributed by atoms with van der Waals surface area (Å²) in [5.74, 6) is -0.717. The molecule has 2 aromatic rings. The number of hydrogen-bond donors (Lipinski definition) is 3. The lowest BCUT2D eigenvalue weighted by Crippen LogP contribution is -2.39. The van der Waals surface area contributed by atoms with Gasteiger partial charge in [-0.2, -0.15) is 0 Å². The molecule has 18 heavy (non-hydrogen) atoms. The van der Waals surface area contributed by atoms with Crippen molar-refractivity contribution in [1.29, 1.82) is 0 Å². The first-order valence-corrected chi connectivity index (χ1v) is 5.86. The number of aromatic nitrogens is 1. The zero-order valence-electron chi connectivity index (χ0n) is 9.69. The van der Waals surface area contributed by atoms with Gasteiger partial charge in [0.2, 0.25) is 11.8 Å². The standard InChI is InChI=1S/C13H13N3O2/c14-10-3-1-7(12-9(10)5-6-15-12)8-2-4-11(17)16-13(8)18/h1,3,5-6,8,15H,2,4,14H2,(H,16,17,18). The molecule has 5 heteroatoms.